The number of hydrogen-bond donors (Lipinski definition) is 6. The lowest BCUT2D eigenvalue weighted by Gasteiger charge is -2.31. The molecule has 7 N–H and O–H groups in total. The topological polar surface area (TPSA) is 280 Å². The number of benzene rings is 1. The van der Waals surface area contributed by atoms with Crippen LogP contribution in [-0.2, 0) is 58.8 Å². The Morgan fingerprint density at radius 2 is 1.21 bits per heavy atom. The number of fused-ring (bicyclic) bond motifs is 1. The molecule has 0 radical (unpaired) electrons. The first kappa shape index (κ1) is 61.8. The average Bonchev–Trinajstić information content (AvgIpc) is 3.36. The molecular formula is C48H71N9O13. The molecule has 0 saturated heterocycles. The number of aromatic amines is 1. The number of H-pyrrole nitrogens is 1. The van der Waals surface area contributed by atoms with Gasteiger partial charge in [-0.2, -0.15) is 4.98 Å². The zero-order valence-electron chi connectivity index (χ0n) is 40.5. The first-order valence-electron chi connectivity index (χ1n) is 22.7. The van der Waals surface area contributed by atoms with Gasteiger partial charge in [-0.3, -0.25) is 24.2 Å². The highest BCUT2D eigenvalue weighted by Gasteiger charge is 2.31. The molecule has 0 aliphatic carbocycles. The Morgan fingerprint density at radius 1 is 0.700 bits per heavy atom. The Morgan fingerprint density at radius 3 is 1.69 bits per heavy atom. The molecule has 0 unspecified atom stereocenters. The Balaban J connectivity index is 0.000000535. The van der Waals surface area contributed by atoms with Crippen LogP contribution in [0.1, 0.15) is 49.2 Å². The van der Waals surface area contributed by atoms with E-state index in [1.54, 1.807) is 12.1 Å². The lowest BCUT2D eigenvalue weighted by molar-refractivity contribution is -0.115. The normalized spacial score (nSPS) is 10.6. The fourth-order valence-electron chi connectivity index (χ4n) is 5.30. The van der Waals surface area contributed by atoms with Gasteiger partial charge in [0.05, 0.1) is 111 Å². The lowest BCUT2D eigenvalue weighted by Crippen LogP contribution is -2.56. The lowest BCUT2D eigenvalue weighted by atomic mass is 10.0. The molecule has 0 fully saturated rings. The molecule has 22 heteroatoms. The van der Waals surface area contributed by atoms with Crippen LogP contribution in [0.15, 0.2) is 35.3 Å². The third-order valence-corrected chi connectivity index (χ3v) is 8.66. The number of hydrogen-bond acceptors (Lipinski definition) is 18. The molecule has 3 aromatic rings. The quantitative estimate of drug-likeness (QED) is 0.0265. The number of rotatable bonds is 39. The van der Waals surface area contributed by atoms with Crippen LogP contribution >= 0.6 is 0 Å². The van der Waals surface area contributed by atoms with Crippen LogP contribution in [0.2, 0.25) is 0 Å². The van der Waals surface area contributed by atoms with Crippen LogP contribution in [0.3, 0.4) is 0 Å². The van der Waals surface area contributed by atoms with E-state index in [0.29, 0.717) is 116 Å². The van der Waals surface area contributed by atoms with Crippen molar-refractivity contribution in [1.29, 1.82) is 0 Å². The second-order valence-electron chi connectivity index (χ2n) is 14.4. The first-order chi connectivity index (χ1) is 34.2. The van der Waals surface area contributed by atoms with E-state index >= 15 is 0 Å². The number of carbonyl (C=O) groups excluding carboxylic acids is 3. The van der Waals surface area contributed by atoms with Crippen LogP contribution in [-0.4, -0.2) is 176 Å². The first-order valence-corrected chi connectivity index (χ1v) is 22.7. The minimum Gasteiger partial charge on any atom is -0.379 e. The fraction of sp³-hybridized carbons (Fsp3) is 0.562. The van der Waals surface area contributed by atoms with Gasteiger partial charge < -0.3 is 69.6 Å². The molecule has 0 aliphatic rings. The predicted octanol–water partition coefficient (Wildman–Crippen LogP) is 1.10. The van der Waals surface area contributed by atoms with E-state index in [-0.39, 0.29) is 62.7 Å². The summed E-state index contributed by atoms with van der Waals surface area (Å²) < 4.78 is 47.7. The second-order valence-corrected chi connectivity index (χ2v) is 14.4. The Labute approximate surface area is 410 Å². The largest absolute Gasteiger partial charge is 0.379 e. The van der Waals surface area contributed by atoms with Crippen molar-refractivity contribution < 1.29 is 57.0 Å². The van der Waals surface area contributed by atoms with Crippen molar-refractivity contribution in [3.05, 3.63) is 52.1 Å². The second kappa shape index (κ2) is 42.8. The van der Waals surface area contributed by atoms with Crippen LogP contribution in [0.5, 0.6) is 0 Å². The number of ether oxygens (including phenoxy) is 9. The van der Waals surface area contributed by atoms with Gasteiger partial charge in [-0.1, -0.05) is 38.0 Å². The molecule has 0 saturated carbocycles. The maximum atomic E-state index is 12.0. The summed E-state index contributed by atoms with van der Waals surface area (Å²) in [6, 6.07) is 7.15. The van der Waals surface area contributed by atoms with E-state index in [1.165, 1.54) is 6.20 Å². The number of terminal acetylenes is 3. The number of carbonyl (C=O) groups is 3. The highest BCUT2D eigenvalue weighted by Crippen LogP contribution is 2.12. The summed E-state index contributed by atoms with van der Waals surface area (Å²) in [7, 11) is 0. The van der Waals surface area contributed by atoms with Gasteiger partial charge in [0, 0.05) is 30.9 Å². The monoisotopic (exact) mass is 982 g/mol. The number of nitrogens with two attached hydrogens (primary N) is 1. The average molecular weight is 982 g/mol. The van der Waals surface area contributed by atoms with Gasteiger partial charge in [-0.05, 0) is 37.1 Å². The standard InChI is InChI=1S/C18H21N7O2.C16H33NO7.C14H17NO4/c1-2-3-8-20-16(26)11-4-6-12(7-5-11)21-9-13-10-22-15-14(23-13)17(27)25-18(19)24-15;1-2-4-19-6-8-21-10-12-23-14-15-24-13-11-22-9-7-20-5-3-17-16-18;1-4-7-17-10-14(15-13-16,11-18-8-5-2)12-19-9-6-3/h4-7,10,21H,2-3,8-9H2,1H3,(H,20,26)(H3,19,22,24,25,27);16H,2-15H2,1H3,(H,17,18);1-3,13H,7-12H2,(H,15,16). The van der Waals surface area contributed by atoms with Gasteiger partial charge in [0.15, 0.2) is 11.2 Å². The summed E-state index contributed by atoms with van der Waals surface area (Å²) in [5, 5.41) is 11.2. The summed E-state index contributed by atoms with van der Waals surface area (Å²) in [5.74, 6) is 6.92. The van der Waals surface area contributed by atoms with Crippen LogP contribution in [0.4, 0.5) is 11.6 Å². The van der Waals surface area contributed by atoms with E-state index < -0.39 is 11.1 Å². The summed E-state index contributed by atoms with van der Waals surface area (Å²) in [6.45, 7) is 13.3. The molecular weight excluding hydrogens is 911 g/mol. The number of anilines is 2. The predicted molar refractivity (Wildman–Crippen MR) is 264 cm³/mol. The van der Waals surface area contributed by atoms with Crippen LogP contribution in [0.25, 0.3) is 11.2 Å². The molecule has 70 heavy (non-hydrogen) atoms. The zero-order chi connectivity index (χ0) is 51.2. The molecule has 3 rings (SSSR count). The Kier molecular flexibility index (Phi) is 37.8. The van der Waals surface area contributed by atoms with Crippen molar-refractivity contribution in [1.82, 2.24) is 35.9 Å². The highest BCUT2D eigenvalue weighted by molar-refractivity contribution is 5.94. The van der Waals surface area contributed by atoms with E-state index in [1.807, 2.05) is 12.1 Å². The van der Waals surface area contributed by atoms with Gasteiger partial charge in [0.1, 0.15) is 25.4 Å². The van der Waals surface area contributed by atoms with Crippen LogP contribution < -0.4 is 32.6 Å². The van der Waals surface area contributed by atoms with Crippen molar-refractivity contribution >= 4 is 41.5 Å². The molecule has 1 aromatic carbocycles. The minimum atomic E-state index is -0.869. The smallest absolute Gasteiger partial charge is 0.280 e. The summed E-state index contributed by atoms with van der Waals surface area (Å²) in [5.41, 5.74) is 6.56. The Hall–Kier alpha value is -6.23. The van der Waals surface area contributed by atoms with Gasteiger partial charge >= 0.3 is 0 Å². The summed E-state index contributed by atoms with van der Waals surface area (Å²) in [4.78, 5) is 59.3. The number of nitrogen functional groups attached to an aromatic ring is 1. The van der Waals surface area contributed by atoms with E-state index in [0.717, 1.165) is 31.6 Å². The minimum absolute atomic E-state index is 0.00601. The number of aromatic nitrogens is 4. The number of nitrogens with zero attached hydrogens (tertiary/aromatic N) is 3. The van der Waals surface area contributed by atoms with Crippen molar-refractivity contribution in [2.24, 2.45) is 0 Å². The molecule has 3 amide bonds. The SMILES string of the molecule is C#CCOCC(COCC#C)(COCC#C)NC=O.CCCCNC(=O)c1ccc(NCc2cnc3nc(N)[nH]c(=O)c3n2)cc1.CCCOCCOCCOCCOCCOCCOCCNC=O. The maximum absolute atomic E-state index is 12.0. The van der Waals surface area contributed by atoms with Crippen molar-refractivity contribution in [3.8, 4) is 37.0 Å². The van der Waals surface area contributed by atoms with Gasteiger partial charge in [0.25, 0.3) is 11.5 Å². The van der Waals surface area contributed by atoms with Gasteiger partial charge in [-0.25, -0.2) is 9.97 Å². The third-order valence-electron chi connectivity index (χ3n) is 8.66. The summed E-state index contributed by atoms with van der Waals surface area (Å²) in [6.07, 6.45) is 21.0. The number of unbranched alkanes of at least 4 members (excludes halogenated alkanes) is 1. The number of nitrogens with one attached hydrogen (secondary N) is 5. The third kappa shape index (κ3) is 31.0. The molecule has 0 aliphatic heterocycles. The molecule has 2 aromatic heterocycles. The van der Waals surface area contributed by atoms with E-state index in [2.05, 4.69) is 72.8 Å². The van der Waals surface area contributed by atoms with Crippen molar-refractivity contribution in [3.63, 3.8) is 0 Å². The number of amides is 3. The molecule has 0 spiro atoms. The molecule has 2 heterocycles. The van der Waals surface area contributed by atoms with Gasteiger partial charge in [0.2, 0.25) is 18.8 Å². The Bertz CT molecular complexity index is 1970. The van der Waals surface area contributed by atoms with E-state index in [9.17, 15) is 19.2 Å². The summed E-state index contributed by atoms with van der Waals surface area (Å²) >= 11 is 0. The van der Waals surface area contributed by atoms with Crippen molar-refractivity contribution in [2.45, 2.75) is 45.2 Å². The zero-order valence-corrected chi connectivity index (χ0v) is 40.5. The maximum Gasteiger partial charge on any atom is 0.280 e. The molecule has 0 atom stereocenters. The fourth-order valence-corrected chi connectivity index (χ4v) is 5.30. The molecule has 22 nitrogen and oxygen atoms in total. The van der Waals surface area contributed by atoms with Gasteiger partial charge in [-0.15, -0.1) is 19.3 Å². The van der Waals surface area contributed by atoms with E-state index in [4.69, 9.17) is 67.6 Å². The van der Waals surface area contributed by atoms with Crippen molar-refractivity contribution in [2.75, 3.05) is 143 Å². The van der Waals surface area contributed by atoms with Crippen LogP contribution in [0, 0.1) is 37.0 Å². The molecule has 386 valence electrons. The molecule has 0 bridgehead atoms. The highest BCUT2D eigenvalue weighted by atomic mass is 16.6.